The fourth-order valence-corrected chi connectivity index (χ4v) is 3.33. The molecule has 2 amide bonds. The summed E-state index contributed by atoms with van der Waals surface area (Å²) in [5, 5.41) is 8.45. The predicted octanol–water partition coefficient (Wildman–Crippen LogP) is 1.77. The first-order valence-corrected chi connectivity index (χ1v) is 7.30. The van der Waals surface area contributed by atoms with Crippen molar-refractivity contribution in [3.05, 3.63) is 29.8 Å². The smallest absolute Gasteiger partial charge is 0.335 e. The molecule has 1 N–H and O–H groups in total. The third-order valence-electron chi connectivity index (χ3n) is 3.43. The Morgan fingerprint density at radius 2 is 1.85 bits per heavy atom. The van der Waals surface area contributed by atoms with E-state index in [1.165, 1.54) is 28.8 Å². The van der Waals surface area contributed by atoms with Gasteiger partial charge in [-0.1, -0.05) is 0 Å². The predicted molar refractivity (Wildman–Crippen MR) is 72.5 cm³/mol. The van der Waals surface area contributed by atoms with Gasteiger partial charge in [-0.25, -0.2) is 4.79 Å². The van der Waals surface area contributed by atoms with Gasteiger partial charge in [-0.05, 0) is 37.1 Å². The number of carboxylic acid groups (broad SMARTS) is 1. The van der Waals surface area contributed by atoms with Crippen LogP contribution in [0.1, 0.15) is 29.6 Å². The number of benzene rings is 1. The van der Waals surface area contributed by atoms with Crippen LogP contribution >= 0.6 is 11.8 Å². The van der Waals surface area contributed by atoms with Crippen LogP contribution in [0, 0.1) is 0 Å². The molecule has 3 rings (SSSR count). The van der Waals surface area contributed by atoms with Gasteiger partial charge in [0.1, 0.15) is 0 Å². The zero-order valence-corrected chi connectivity index (χ0v) is 11.4. The van der Waals surface area contributed by atoms with Crippen molar-refractivity contribution in [2.75, 3.05) is 0 Å². The molecule has 0 aromatic heterocycles. The Balaban J connectivity index is 1.70. The maximum Gasteiger partial charge on any atom is 0.335 e. The number of amides is 2. The number of likely N-dealkylation sites (tertiary alicyclic amines) is 1. The molecule has 1 aliphatic heterocycles. The van der Waals surface area contributed by atoms with Gasteiger partial charge in [0.2, 0.25) is 11.8 Å². The number of hydrogen-bond acceptors (Lipinski definition) is 4. The van der Waals surface area contributed by atoms with Crippen molar-refractivity contribution in [2.24, 2.45) is 0 Å². The summed E-state index contributed by atoms with van der Waals surface area (Å²) in [5.41, 5.74) is 0.211. The summed E-state index contributed by atoms with van der Waals surface area (Å²) in [4.78, 5) is 37.0. The van der Waals surface area contributed by atoms with E-state index < -0.39 is 5.97 Å². The van der Waals surface area contributed by atoms with E-state index in [-0.39, 0.29) is 35.1 Å². The largest absolute Gasteiger partial charge is 0.478 e. The minimum absolute atomic E-state index is 0.0860. The van der Waals surface area contributed by atoms with Crippen LogP contribution in [0.3, 0.4) is 0 Å². The van der Waals surface area contributed by atoms with Crippen LogP contribution in [0.2, 0.25) is 0 Å². The number of carbonyl (C=O) groups is 3. The lowest BCUT2D eigenvalue weighted by molar-refractivity contribution is -0.138. The monoisotopic (exact) mass is 291 g/mol. The van der Waals surface area contributed by atoms with Crippen molar-refractivity contribution in [2.45, 2.75) is 35.4 Å². The molecule has 20 heavy (non-hydrogen) atoms. The van der Waals surface area contributed by atoms with E-state index in [1.807, 2.05) is 0 Å². The summed E-state index contributed by atoms with van der Waals surface area (Å²) in [6, 6.07) is 6.47. The summed E-state index contributed by atoms with van der Waals surface area (Å²) < 4.78 is 0. The number of hydrogen-bond donors (Lipinski definition) is 1. The molecular formula is C14H13NO4S. The van der Waals surface area contributed by atoms with Gasteiger partial charge in [0, 0.05) is 17.4 Å². The molecule has 1 atom stereocenters. The van der Waals surface area contributed by atoms with Crippen LogP contribution in [0.4, 0.5) is 0 Å². The Bertz CT molecular complexity index is 579. The van der Waals surface area contributed by atoms with Crippen LogP contribution in [-0.2, 0) is 9.59 Å². The molecule has 1 unspecified atom stereocenters. The fraction of sp³-hybridized carbons (Fsp3) is 0.357. The van der Waals surface area contributed by atoms with E-state index in [2.05, 4.69) is 0 Å². The van der Waals surface area contributed by atoms with E-state index in [1.54, 1.807) is 12.1 Å². The highest BCUT2D eigenvalue weighted by molar-refractivity contribution is 8.00. The van der Waals surface area contributed by atoms with Crippen LogP contribution in [0.5, 0.6) is 0 Å². The van der Waals surface area contributed by atoms with Gasteiger partial charge in [-0.15, -0.1) is 11.8 Å². The second kappa shape index (κ2) is 4.94. The molecule has 104 valence electrons. The van der Waals surface area contributed by atoms with E-state index in [4.69, 9.17) is 5.11 Å². The van der Waals surface area contributed by atoms with Crippen molar-refractivity contribution < 1.29 is 19.5 Å². The molecule has 1 aliphatic carbocycles. The van der Waals surface area contributed by atoms with E-state index in [0.29, 0.717) is 0 Å². The van der Waals surface area contributed by atoms with Gasteiger partial charge in [-0.2, -0.15) is 0 Å². The number of carboxylic acids is 1. The van der Waals surface area contributed by atoms with Gasteiger partial charge < -0.3 is 5.11 Å². The Morgan fingerprint density at radius 1 is 1.20 bits per heavy atom. The maximum atomic E-state index is 12.2. The molecule has 0 bridgehead atoms. The quantitative estimate of drug-likeness (QED) is 0.856. The Kier molecular flexibility index (Phi) is 3.25. The van der Waals surface area contributed by atoms with Gasteiger partial charge in [0.05, 0.1) is 10.8 Å². The fourth-order valence-electron chi connectivity index (χ4n) is 2.27. The molecule has 1 heterocycles. The summed E-state index contributed by atoms with van der Waals surface area (Å²) in [5.74, 6) is -1.17. The molecule has 5 nitrogen and oxygen atoms in total. The first kappa shape index (κ1) is 13.2. The normalized spacial score (nSPS) is 22.4. The highest BCUT2D eigenvalue weighted by Crippen LogP contribution is 2.37. The average molecular weight is 291 g/mol. The van der Waals surface area contributed by atoms with Gasteiger partial charge in [-0.3, -0.25) is 14.5 Å². The lowest BCUT2D eigenvalue weighted by Crippen LogP contribution is -2.33. The lowest BCUT2D eigenvalue weighted by atomic mass is 10.2. The zero-order valence-electron chi connectivity index (χ0n) is 10.6. The standard InChI is InChI=1S/C14H13NO4S/c16-12-7-11(13(17)15(12)9-3-4-9)20-10-5-1-8(2-6-10)14(18)19/h1-2,5-6,9,11H,3-4,7H2,(H,18,19). The van der Waals surface area contributed by atoms with Gasteiger partial charge in [0.25, 0.3) is 0 Å². The number of rotatable bonds is 4. The number of aromatic carboxylic acids is 1. The number of imide groups is 1. The number of nitrogens with zero attached hydrogens (tertiary/aromatic N) is 1. The van der Waals surface area contributed by atoms with E-state index >= 15 is 0 Å². The molecule has 2 fully saturated rings. The van der Waals surface area contributed by atoms with Crippen molar-refractivity contribution in [1.82, 2.24) is 4.90 Å². The van der Waals surface area contributed by atoms with Crippen LogP contribution in [-0.4, -0.2) is 39.1 Å². The van der Waals surface area contributed by atoms with Crippen molar-refractivity contribution in [3.63, 3.8) is 0 Å². The van der Waals surface area contributed by atoms with E-state index in [0.717, 1.165) is 17.7 Å². The minimum atomic E-state index is -0.978. The first-order chi connectivity index (χ1) is 9.56. The number of carbonyl (C=O) groups excluding carboxylic acids is 2. The third-order valence-corrected chi connectivity index (χ3v) is 4.63. The average Bonchev–Trinajstić information content (AvgIpc) is 3.19. The Labute approximate surface area is 120 Å². The topological polar surface area (TPSA) is 74.7 Å². The highest BCUT2D eigenvalue weighted by atomic mass is 32.2. The summed E-state index contributed by atoms with van der Waals surface area (Å²) >= 11 is 1.33. The van der Waals surface area contributed by atoms with Gasteiger partial charge in [0.15, 0.2) is 0 Å². The first-order valence-electron chi connectivity index (χ1n) is 6.42. The SMILES string of the molecule is O=C(O)c1ccc(SC2CC(=O)N(C3CC3)C2=O)cc1. The van der Waals surface area contributed by atoms with E-state index in [9.17, 15) is 14.4 Å². The van der Waals surface area contributed by atoms with Gasteiger partial charge >= 0.3 is 5.97 Å². The third kappa shape index (κ3) is 2.43. The zero-order chi connectivity index (χ0) is 14.3. The molecule has 0 radical (unpaired) electrons. The van der Waals surface area contributed by atoms with Crippen molar-refractivity contribution >= 4 is 29.5 Å². The number of thioether (sulfide) groups is 1. The molecule has 1 aromatic rings. The molecule has 1 saturated carbocycles. The summed E-state index contributed by atoms with van der Waals surface area (Å²) in [6.07, 6.45) is 2.07. The van der Waals surface area contributed by atoms with Crippen molar-refractivity contribution in [1.29, 1.82) is 0 Å². The Morgan fingerprint density at radius 3 is 2.40 bits per heavy atom. The van der Waals surface area contributed by atoms with Crippen LogP contribution in [0.15, 0.2) is 29.2 Å². The molecular weight excluding hydrogens is 278 g/mol. The lowest BCUT2D eigenvalue weighted by Gasteiger charge is -2.13. The molecule has 0 spiro atoms. The van der Waals surface area contributed by atoms with Crippen LogP contribution in [0.25, 0.3) is 0 Å². The summed E-state index contributed by atoms with van der Waals surface area (Å²) in [6.45, 7) is 0. The molecule has 1 aromatic carbocycles. The molecule has 1 saturated heterocycles. The van der Waals surface area contributed by atoms with Crippen molar-refractivity contribution in [3.8, 4) is 0 Å². The maximum absolute atomic E-state index is 12.2. The molecule has 2 aliphatic rings. The minimum Gasteiger partial charge on any atom is -0.478 e. The molecule has 6 heteroatoms. The Hall–Kier alpha value is -1.82. The summed E-state index contributed by atoms with van der Waals surface area (Å²) in [7, 11) is 0. The second-order valence-corrected chi connectivity index (χ2v) is 6.25. The highest BCUT2D eigenvalue weighted by Gasteiger charge is 2.46. The second-order valence-electron chi connectivity index (χ2n) is 4.97. The van der Waals surface area contributed by atoms with Crippen LogP contribution < -0.4 is 0 Å².